The predicted molar refractivity (Wildman–Crippen MR) is 94.1 cm³/mol. The van der Waals surface area contributed by atoms with Crippen LogP contribution in [0, 0.1) is 19.8 Å². The van der Waals surface area contributed by atoms with Crippen molar-refractivity contribution >= 4 is 17.6 Å². The Morgan fingerprint density at radius 2 is 2.04 bits per heavy atom. The average molecular weight is 345 g/mol. The molecule has 0 bridgehead atoms. The van der Waals surface area contributed by atoms with Crippen LogP contribution in [0.4, 0.5) is 5.69 Å². The smallest absolute Gasteiger partial charge is 0.341 e. The van der Waals surface area contributed by atoms with Gasteiger partial charge < -0.3 is 15.2 Å². The molecular formula is C18H23N3O4. The van der Waals surface area contributed by atoms with Gasteiger partial charge in [-0.25, -0.2) is 4.79 Å². The third-order valence-electron chi connectivity index (χ3n) is 3.69. The number of anilines is 1. The maximum absolute atomic E-state index is 12.5. The first-order valence-corrected chi connectivity index (χ1v) is 8.07. The molecule has 0 spiro atoms. The van der Waals surface area contributed by atoms with Crippen LogP contribution in [-0.2, 0) is 11.3 Å². The maximum Gasteiger partial charge on any atom is 0.341 e. The second-order valence-electron chi connectivity index (χ2n) is 6.33. The van der Waals surface area contributed by atoms with E-state index in [0.29, 0.717) is 22.9 Å². The van der Waals surface area contributed by atoms with E-state index in [-0.39, 0.29) is 5.91 Å². The number of carboxylic acids is 1. The number of carbonyl (C=O) groups is 2. The molecule has 25 heavy (non-hydrogen) atoms. The Labute approximate surface area is 146 Å². The van der Waals surface area contributed by atoms with Crippen molar-refractivity contribution in [3.8, 4) is 5.75 Å². The molecule has 1 heterocycles. The molecule has 0 saturated heterocycles. The lowest BCUT2D eigenvalue weighted by atomic mass is 10.1. The van der Waals surface area contributed by atoms with E-state index in [4.69, 9.17) is 9.84 Å². The second-order valence-corrected chi connectivity index (χ2v) is 6.33. The van der Waals surface area contributed by atoms with Crippen molar-refractivity contribution in [2.24, 2.45) is 5.92 Å². The lowest BCUT2D eigenvalue weighted by Gasteiger charge is -2.11. The number of aromatic nitrogens is 2. The zero-order valence-electron chi connectivity index (χ0n) is 14.9. The third kappa shape index (κ3) is 4.82. The lowest BCUT2D eigenvalue weighted by Crippen LogP contribution is -2.15. The van der Waals surface area contributed by atoms with Crippen molar-refractivity contribution in [1.82, 2.24) is 9.78 Å². The van der Waals surface area contributed by atoms with Gasteiger partial charge in [0.25, 0.3) is 5.91 Å². The first kappa shape index (κ1) is 18.5. The number of carbonyl (C=O) groups excluding carboxylic acids is 1. The molecule has 2 rings (SSSR count). The lowest BCUT2D eigenvalue weighted by molar-refractivity contribution is -0.139. The van der Waals surface area contributed by atoms with Gasteiger partial charge in [0.05, 0.1) is 11.8 Å². The van der Waals surface area contributed by atoms with E-state index in [1.165, 1.54) is 0 Å². The second kappa shape index (κ2) is 7.83. The van der Waals surface area contributed by atoms with Crippen molar-refractivity contribution in [2.45, 2.75) is 34.2 Å². The Bertz CT molecular complexity index is 781. The summed E-state index contributed by atoms with van der Waals surface area (Å²) in [7, 11) is 0. The molecule has 7 heteroatoms. The number of benzene rings is 1. The van der Waals surface area contributed by atoms with Gasteiger partial charge in [-0.2, -0.15) is 5.10 Å². The van der Waals surface area contributed by atoms with E-state index in [0.717, 1.165) is 17.8 Å². The monoisotopic (exact) mass is 345 g/mol. The molecule has 0 aliphatic heterocycles. The number of aryl methyl sites for hydroxylation is 1. The molecule has 1 aromatic carbocycles. The minimum Gasteiger partial charge on any atom is -0.482 e. The molecule has 0 saturated carbocycles. The van der Waals surface area contributed by atoms with E-state index < -0.39 is 12.6 Å². The number of hydrogen-bond donors (Lipinski definition) is 2. The molecule has 2 aromatic rings. The van der Waals surface area contributed by atoms with E-state index >= 15 is 0 Å². The zero-order chi connectivity index (χ0) is 18.6. The van der Waals surface area contributed by atoms with Crippen LogP contribution >= 0.6 is 0 Å². The van der Waals surface area contributed by atoms with E-state index in [9.17, 15) is 9.59 Å². The number of nitrogens with one attached hydrogen (secondary N) is 1. The topological polar surface area (TPSA) is 93.4 Å². The minimum atomic E-state index is -1.04. The van der Waals surface area contributed by atoms with E-state index in [1.54, 1.807) is 24.4 Å². The molecule has 7 nitrogen and oxygen atoms in total. The SMILES string of the molecule is Cc1cc(OCC(=O)O)ccc1NC(=O)c1cnn(CC(C)C)c1C. The van der Waals surface area contributed by atoms with E-state index in [1.807, 2.05) is 18.5 Å². The first-order valence-electron chi connectivity index (χ1n) is 8.07. The molecule has 134 valence electrons. The molecule has 0 fully saturated rings. The number of ether oxygens (including phenoxy) is 1. The standard InChI is InChI=1S/C18H23N3O4/c1-11(2)9-21-13(4)15(8-19-21)18(24)20-16-6-5-14(7-12(16)3)25-10-17(22)23/h5-8,11H,9-10H2,1-4H3,(H,20,24)(H,22,23). The highest BCUT2D eigenvalue weighted by Crippen LogP contribution is 2.22. The minimum absolute atomic E-state index is 0.227. The van der Waals surface area contributed by atoms with Gasteiger partial charge in [-0.1, -0.05) is 13.8 Å². The summed E-state index contributed by atoms with van der Waals surface area (Å²) < 4.78 is 6.96. The van der Waals surface area contributed by atoms with Gasteiger partial charge in [0.1, 0.15) is 5.75 Å². The third-order valence-corrected chi connectivity index (χ3v) is 3.69. The van der Waals surface area contributed by atoms with Gasteiger partial charge >= 0.3 is 5.97 Å². The van der Waals surface area contributed by atoms with Gasteiger partial charge in [-0.05, 0) is 43.5 Å². The molecule has 0 atom stereocenters. The molecule has 0 radical (unpaired) electrons. The fraction of sp³-hybridized carbons (Fsp3) is 0.389. The van der Waals surface area contributed by atoms with Gasteiger partial charge in [-0.15, -0.1) is 0 Å². The summed E-state index contributed by atoms with van der Waals surface area (Å²) in [5.41, 5.74) is 2.78. The van der Waals surface area contributed by atoms with Crippen molar-refractivity contribution in [3.05, 3.63) is 41.2 Å². The predicted octanol–water partition coefficient (Wildman–Crippen LogP) is 2.87. The van der Waals surface area contributed by atoms with Gasteiger partial charge in [0.15, 0.2) is 6.61 Å². The summed E-state index contributed by atoms with van der Waals surface area (Å²) in [5.74, 6) is -0.382. The molecule has 2 N–H and O–H groups in total. The van der Waals surface area contributed by atoms with Gasteiger partial charge in [0.2, 0.25) is 0 Å². The summed E-state index contributed by atoms with van der Waals surface area (Å²) in [6.45, 7) is 8.24. The van der Waals surface area contributed by atoms with Crippen LogP contribution in [0.25, 0.3) is 0 Å². The van der Waals surface area contributed by atoms with Crippen LogP contribution in [0.15, 0.2) is 24.4 Å². The van der Waals surface area contributed by atoms with Crippen LogP contribution in [0.3, 0.4) is 0 Å². The Kier molecular flexibility index (Phi) is 5.80. The number of hydrogen-bond acceptors (Lipinski definition) is 4. The highest BCUT2D eigenvalue weighted by atomic mass is 16.5. The molecule has 0 unspecified atom stereocenters. The van der Waals surface area contributed by atoms with Crippen LogP contribution in [0.1, 0.15) is 35.5 Å². The van der Waals surface area contributed by atoms with Crippen molar-refractivity contribution in [3.63, 3.8) is 0 Å². The average Bonchev–Trinajstić information content (AvgIpc) is 2.88. The highest BCUT2D eigenvalue weighted by Gasteiger charge is 2.16. The highest BCUT2D eigenvalue weighted by molar-refractivity contribution is 6.05. The van der Waals surface area contributed by atoms with Crippen molar-refractivity contribution in [1.29, 1.82) is 0 Å². The number of nitrogens with zero attached hydrogens (tertiary/aromatic N) is 2. The molecule has 1 aromatic heterocycles. The van der Waals surface area contributed by atoms with Crippen LogP contribution in [0.5, 0.6) is 5.75 Å². The molecule has 0 aliphatic rings. The van der Waals surface area contributed by atoms with Crippen LogP contribution in [0.2, 0.25) is 0 Å². The van der Waals surface area contributed by atoms with Crippen molar-refractivity contribution < 1.29 is 19.4 Å². The fourth-order valence-corrected chi connectivity index (χ4v) is 2.40. The zero-order valence-corrected chi connectivity index (χ0v) is 14.9. The van der Waals surface area contributed by atoms with Crippen LogP contribution < -0.4 is 10.1 Å². The number of carboxylic acid groups (broad SMARTS) is 1. The quantitative estimate of drug-likeness (QED) is 0.805. The Morgan fingerprint density at radius 1 is 1.32 bits per heavy atom. The molecule has 1 amide bonds. The maximum atomic E-state index is 12.5. The van der Waals surface area contributed by atoms with E-state index in [2.05, 4.69) is 24.3 Å². The Morgan fingerprint density at radius 3 is 2.64 bits per heavy atom. The Balaban J connectivity index is 2.10. The van der Waals surface area contributed by atoms with Gasteiger partial charge in [0, 0.05) is 17.9 Å². The van der Waals surface area contributed by atoms with Crippen molar-refractivity contribution in [2.75, 3.05) is 11.9 Å². The summed E-state index contributed by atoms with van der Waals surface area (Å²) in [6, 6.07) is 5.01. The number of rotatable bonds is 7. The number of aliphatic carboxylic acids is 1. The number of amides is 1. The fourth-order valence-electron chi connectivity index (χ4n) is 2.40. The van der Waals surface area contributed by atoms with Gasteiger partial charge in [-0.3, -0.25) is 9.48 Å². The summed E-state index contributed by atoms with van der Waals surface area (Å²) in [6.07, 6.45) is 1.58. The molecule has 0 aliphatic carbocycles. The Hall–Kier alpha value is -2.83. The first-order chi connectivity index (χ1) is 11.8. The summed E-state index contributed by atoms with van der Waals surface area (Å²) in [4.78, 5) is 23.1. The van der Waals surface area contributed by atoms with Crippen LogP contribution in [-0.4, -0.2) is 33.4 Å². The molecular weight excluding hydrogens is 322 g/mol. The normalized spacial score (nSPS) is 10.8. The largest absolute Gasteiger partial charge is 0.482 e. The summed E-state index contributed by atoms with van der Waals surface area (Å²) >= 11 is 0. The summed E-state index contributed by atoms with van der Waals surface area (Å²) in [5, 5.41) is 15.8.